The van der Waals surface area contributed by atoms with Crippen LogP contribution in [0.5, 0.6) is 0 Å². The summed E-state index contributed by atoms with van der Waals surface area (Å²) in [6, 6.07) is 9.29. The first-order valence-electron chi connectivity index (χ1n) is 6.66. The first-order chi connectivity index (χ1) is 9.93. The second-order valence-electron chi connectivity index (χ2n) is 4.71. The summed E-state index contributed by atoms with van der Waals surface area (Å²) in [4.78, 5) is 22.6. The van der Waals surface area contributed by atoms with Crippen LogP contribution < -0.4 is 0 Å². The highest BCUT2D eigenvalue weighted by molar-refractivity contribution is 9.09. The number of carbonyl (C=O) groups excluding carboxylic acids is 2. The minimum Gasteiger partial charge on any atom is -0.461 e. The molecular weight excluding hydrogens is 336 g/mol. The fraction of sp³-hybridized carbons (Fsp3) is 0.375. The minimum absolute atomic E-state index is 0.344. The summed E-state index contributed by atoms with van der Waals surface area (Å²) in [6.07, 6.45) is 0.842. The lowest BCUT2D eigenvalue weighted by atomic mass is 10.1. The van der Waals surface area contributed by atoms with E-state index in [-0.39, 0.29) is 18.2 Å². The summed E-state index contributed by atoms with van der Waals surface area (Å²) >= 11 is 3.32. The van der Waals surface area contributed by atoms with Gasteiger partial charge in [-0.2, -0.15) is 0 Å². The molecule has 1 aromatic rings. The second kappa shape index (κ2) is 8.62. The van der Waals surface area contributed by atoms with Gasteiger partial charge in [0.15, 0.2) is 0 Å². The van der Waals surface area contributed by atoms with Crippen molar-refractivity contribution < 1.29 is 19.1 Å². The standard InChI is InChI=1S/C16H19BrO4/c1-4-14(18)20-11(2)10-12(3)21-16(19)15(17)13-8-6-5-7-9-13/h4-9,11-12,15H,1,10H2,2-3H3/t11-,12-,15?/m1/s1. The third kappa shape index (κ3) is 6.12. The molecule has 0 aromatic heterocycles. The van der Waals surface area contributed by atoms with Crippen LogP contribution in [0.3, 0.4) is 0 Å². The van der Waals surface area contributed by atoms with Gasteiger partial charge in [0.25, 0.3) is 0 Å². The third-order valence-electron chi connectivity index (χ3n) is 2.76. The van der Waals surface area contributed by atoms with Crippen molar-refractivity contribution in [2.75, 3.05) is 0 Å². The van der Waals surface area contributed by atoms with Crippen LogP contribution in [0, 0.1) is 0 Å². The molecule has 0 radical (unpaired) electrons. The summed E-state index contributed by atoms with van der Waals surface area (Å²) in [5.41, 5.74) is 0.834. The van der Waals surface area contributed by atoms with Gasteiger partial charge in [0.2, 0.25) is 0 Å². The Morgan fingerprint density at radius 3 is 2.33 bits per heavy atom. The van der Waals surface area contributed by atoms with Crippen LogP contribution in [0.1, 0.15) is 30.7 Å². The van der Waals surface area contributed by atoms with E-state index < -0.39 is 10.8 Å². The van der Waals surface area contributed by atoms with Crippen LogP contribution in [-0.2, 0) is 19.1 Å². The van der Waals surface area contributed by atoms with E-state index in [0.717, 1.165) is 11.6 Å². The fourth-order valence-electron chi connectivity index (χ4n) is 1.83. The van der Waals surface area contributed by atoms with Crippen molar-refractivity contribution in [1.82, 2.24) is 0 Å². The molecule has 3 atom stereocenters. The van der Waals surface area contributed by atoms with Crippen LogP contribution in [0.25, 0.3) is 0 Å². The van der Waals surface area contributed by atoms with Gasteiger partial charge in [0.1, 0.15) is 17.0 Å². The Hall–Kier alpha value is -1.62. The zero-order valence-electron chi connectivity index (χ0n) is 12.1. The van der Waals surface area contributed by atoms with Crippen molar-refractivity contribution in [2.45, 2.75) is 37.3 Å². The normalized spacial score (nSPS) is 14.6. The first-order valence-corrected chi connectivity index (χ1v) is 7.58. The SMILES string of the molecule is C=CC(=O)O[C@H](C)C[C@@H](C)OC(=O)C(Br)c1ccccc1. The van der Waals surface area contributed by atoms with Crippen molar-refractivity contribution in [2.24, 2.45) is 0 Å². The fourth-order valence-corrected chi connectivity index (χ4v) is 2.24. The van der Waals surface area contributed by atoms with E-state index >= 15 is 0 Å². The molecule has 1 unspecified atom stereocenters. The highest BCUT2D eigenvalue weighted by Crippen LogP contribution is 2.24. The summed E-state index contributed by atoms with van der Waals surface area (Å²) in [6.45, 7) is 6.84. The van der Waals surface area contributed by atoms with Gasteiger partial charge in [0.05, 0.1) is 0 Å². The van der Waals surface area contributed by atoms with E-state index in [1.54, 1.807) is 13.8 Å². The summed E-state index contributed by atoms with van der Waals surface area (Å²) in [5.74, 6) is -0.848. The Morgan fingerprint density at radius 1 is 1.19 bits per heavy atom. The van der Waals surface area contributed by atoms with Gasteiger partial charge in [0, 0.05) is 12.5 Å². The van der Waals surface area contributed by atoms with Gasteiger partial charge < -0.3 is 9.47 Å². The van der Waals surface area contributed by atoms with Crippen LogP contribution in [0.2, 0.25) is 0 Å². The van der Waals surface area contributed by atoms with E-state index in [2.05, 4.69) is 22.5 Å². The quantitative estimate of drug-likeness (QED) is 0.426. The smallest absolute Gasteiger partial charge is 0.330 e. The zero-order chi connectivity index (χ0) is 15.8. The number of carbonyl (C=O) groups is 2. The molecule has 0 aliphatic carbocycles. The number of ether oxygens (including phenoxy) is 2. The molecule has 0 bridgehead atoms. The highest BCUT2D eigenvalue weighted by atomic mass is 79.9. The van der Waals surface area contributed by atoms with Gasteiger partial charge in [-0.05, 0) is 19.4 Å². The molecule has 0 spiro atoms. The van der Waals surface area contributed by atoms with Gasteiger partial charge in [-0.1, -0.05) is 52.8 Å². The van der Waals surface area contributed by atoms with Crippen molar-refractivity contribution in [3.05, 3.63) is 48.6 Å². The lowest BCUT2D eigenvalue weighted by molar-refractivity contribution is -0.151. The monoisotopic (exact) mass is 354 g/mol. The molecule has 1 aromatic carbocycles. The molecule has 0 fully saturated rings. The molecule has 4 nitrogen and oxygen atoms in total. The van der Waals surface area contributed by atoms with Crippen LogP contribution in [0.15, 0.2) is 43.0 Å². The number of hydrogen-bond acceptors (Lipinski definition) is 4. The van der Waals surface area contributed by atoms with Crippen LogP contribution in [-0.4, -0.2) is 24.1 Å². The summed E-state index contributed by atoms with van der Waals surface area (Å²) in [5, 5.41) is 0. The number of halogens is 1. The molecule has 0 saturated carbocycles. The number of alkyl halides is 1. The van der Waals surface area contributed by atoms with Crippen molar-refractivity contribution in [1.29, 1.82) is 0 Å². The highest BCUT2D eigenvalue weighted by Gasteiger charge is 2.22. The molecule has 0 heterocycles. The Balaban J connectivity index is 2.47. The number of hydrogen-bond donors (Lipinski definition) is 0. The molecule has 5 heteroatoms. The number of rotatable bonds is 7. The second-order valence-corrected chi connectivity index (χ2v) is 5.62. The van der Waals surface area contributed by atoms with E-state index in [1.165, 1.54) is 0 Å². The maximum Gasteiger partial charge on any atom is 0.330 e. The maximum absolute atomic E-state index is 12.0. The number of esters is 2. The summed E-state index contributed by atoms with van der Waals surface area (Å²) in [7, 11) is 0. The largest absolute Gasteiger partial charge is 0.461 e. The lowest BCUT2D eigenvalue weighted by Gasteiger charge is -2.19. The van der Waals surface area contributed by atoms with E-state index in [0.29, 0.717) is 6.42 Å². The van der Waals surface area contributed by atoms with Gasteiger partial charge >= 0.3 is 11.9 Å². The predicted molar refractivity (Wildman–Crippen MR) is 84.0 cm³/mol. The zero-order valence-corrected chi connectivity index (χ0v) is 13.7. The number of benzene rings is 1. The molecule has 114 valence electrons. The van der Waals surface area contributed by atoms with Crippen LogP contribution >= 0.6 is 15.9 Å². The molecule has 21 heavy (non-hydrogen) atoms. The molecule has 0 N–H and O–H groups in total. The molecule has 0 amide bonds. The third-order valence-corrected chi connectivity index (χ3v) is 3.67. The average molecular weight is 355 g/mol. The topological polar surface area (TPSA) is 52.6 Å². The minimum atomic E-state index is -0.507. The Kier molecular flexibility index (Phi) is 7.15. The van der Waals surface area contributed by atoms with Gasteiger partial charge in [-0.3, -0.25) is 4.79 Å². The van der Waals surface area contributed by atoms with Crippen molar-refractivity contribution in [3.63, 3.8) is 0 Å². The lowest BCUT2D eigenvalue weighted by Crippen LogP contribution is -2.24. The Bertz CT molecular complexity index is 486. The summed E-state index contributed by atoms with van der Waals surface area (Å²) < 4.78 is 10.4. The van der Waals surface area contributed by atoms with Crippen LogP contribution in [0.4, 0.5) is 0 Å². The Morgan fingerprint density at radius 2 is 1.76 bits per heavy atom. The van der Waals surface area contributed by atoms with E-state index in [9.17, 15) is 9.59 Å². The van der Waals surface area contributed by atoms with E-state index in [1.807, 2.05) is 30.3 Å². The first kappa shape index (κ1) is 17.4. The maximum atomic E-state index is 12.0. The van der Waals surface area contributed by atoms with Crippen molar-refractivity contribution in [3.8, 4) is 0 Å². The molecule has 0 saturated heterocycles. The Labute approximate surface area is 133 Å². The average Bonchev–Trinajstić information content (AvgIpc) is 2.46. The molecular formula is C16H19BrO4. The van der Waals surface area contributed by atoms with Gasteiger partial charge in [-0.25, -0.2) is 4.79 Å². The van der Waals surface area contributed by atoms with Gasteiger partial charge in [-0.15, -0.1) is 0 Å². The predicted octanol–water partition coefficient (Wildman–Crippen LogP) is 3.56. The molecule has 1 rings (SSSR count). The van der Waals surface area contributed by atoms with E-state index in [4.69, 9.17) is 9.47 Å². The molecule has 0 aliphatic rings. The van der Waals surface area contributed by atoms with Crippen molar-refractivity contribution >= 4 is 27.9 Å². The molecule has 0 aliphatic heterocycles.